The van der Waals surface area contributed by atoms with Crippen molar-refractivity contribution in [1.82, 2.24) is 20.2 Å². The van der Waals surface area contributed by atoms with Gasteiger partial charge in [-0.05, 0) is 55.3 Å². The monoisotopic (exact) mass is 352 g/mol. The summed E-state index contributed by atoms with van der Waals surface area (Å²) in [5, 5.41) is 6.13. The molecule has 1 aliphatic heterocycles. The maximum absolute atomic E-state index is 13.9. The van der Waals surface area contributed by atoms with Crippen LogP contribution in [0.3, 0.4) is 0 Å². The molecule has 0 fully saturated rings. The second kappa shape index (κ2) is 6.88. The van der Waals surface area contributed by atoms with Gasteiger partial charge < -0.3 is 15.2 Å². The number of aryl methyl sites for hydroxylation is 1. The molecule has 0 unspecified atom stereocenters. The number of amides is 1. The minimum atomic E-state index is -0.376. The molecule has 1 aliphatic rings. The molecule has 0 bridgehead atoms. The molecule has 1 aromatic heterocycles. The van der Waals surface area contributed by atoms with E-state index in [1.807, 2.05) is 24.3 Å². The van der Waals surface area contributed by atoms with Gasteiger partial charge in [0.2, 0.25) is 0 Å². The fourth-order valence-corrected chi connectivity index (χ4v) is 3.65. The first-order chi connectivity index (χ1) is 12.7. The summed E-state index contributed by atoms with van der Waals surface area (Å²) in [4.78, 5) is 17.3. The lowest BCUT2D eigenvalue weighted by Crippen LogP contribution is -2.30. The van der Waals surface area contributed by atoms with Crippen LogP contribution in [0.1, 0.15) is 34.2 Å². The van der Waals surface area contributed by atoms with E-state index in [1.165, 1.54) is 12.1 Å². The van der Waals surface area contributed by atoms with Gasteiger partial charge in [0.15, 0.2) is 0 Å². The van der Waals surface area contributed by atoms with Crippen molar-refractivity contribution >= 4 is 16.9 Å². The highest BCUT2D eigenvalue weighted by molar-refractivity contribution is 5.96. The largest absolute Gasteiger partial charge is 0.345 e. The standard InChI is InChI=1S/C20H21FN4O/c1-2-25-18-6-4-3-5-17(18)24-19(25)12-23-20(26)16-10-14(21)9-13-11-22-8-7-15(13)16/h3-6,9-10,22H,2,7-8,11-12H2,1H3,(H,23,26). The first-order valence-corrected chi connectivity index (χ1v) is 8.91. The number of hydrogen-bond donors (Lipinski definition) is 2. The third-order valence-electron chi connectivity index (χ3n) is 4.88. The Kier molecular flexibility index (Phi) is 4.42. The van der Waals surface area contributed by atoms with E-state index in [0.29, 0.717) is 18.7 Å². The highest BCUT2D eigenvalue weighted by Gasteiger charge is 2.20. The van der Waals surface area contributed by atoms with E-state index in [0.717, 1.165) is 47.5 Å². The summed E-state index contributed by atoms with van der Waals surface area (Å²) < 4.78 is 16.0. The second-order valence-electron chi connectivity index (χ2n) is 6.46. The fourth-order valence-electron chi connectivity index (χ4n) is 3.65. The molecule has 1 amide bonds. The molecule has 3 aromatic rings. The van der Waals surface area contributed by atoms with Gasteiger partial charge in [-0.25, -0.2) is 9.37 Å². The van der Waals surface area contributed by atoms with Gasteiger partial charge in [-0.3, -0.25) is 4.79 Å². The number of nitrogens with one attached hydrogen (secondary N) is 2. The average molecular weight is 352 g/mol. The summed E-state index contributed by atoms with van der Waals surface area (Å²) in [6, 6.07) is 10.8. The molecule has 6 heteroatoms. The fraction of sp³-hybridized carbons (Fsp3) is 0.300. The first kappa shape index (κ1) is 16.7. The summed E-state index contributed by atoms with van der Waals surface area (Å²) in [5.41, 5.74) is 4.19. The van der Waals surface area contributed by atoms with Gasteiger partial charge in [-0.2, -0.15) is 0 Å². The first-order valence-electron chi connectivity index (χ1n) is 8.91. The van der Waals surface area contributed by atoms with Crippen molar-refractivity contribution in [3.05, 3.63) is 64.7 Å². The van der Waals surface area contributed by atoms with Gasteiger partial charge in [-0.1, -0.05) is 12.1 Å². The zero-order valence-corrected chi connectivity index (χ0v) is 14.7. The van der Waals surface area contributed by atoms with Gasteiger partial charge in [0.1, 0.15) is 11.6 Å². The molecule has 2 heterocycles. The molecule has 0 saturated carbocycles. The molecule has 0 saturated heterocycles. The molecule has 0 radical (unpaired) electrons. The van der Waals surface area contributed by atoms with Gasteiger partial charge in [-0.15, -0.1) is 0 Å². The maximum Gasteiger partial charge on any atom is 0.252 e. The van der Waals surface area contributed by atoms with Crippen LogP contribution in [-0.2, 0) is 26.1 Å². The Bertz CT molecular complexity index is 979. The Balaban J connectivity index is 1.59. The van der Waals surface area contributed by atoms with Crippen LogP contribution in [-0.4, -0.2) is 22.0 Å². The number of carbonyl (C=O) groups excluding carboxylic acids is 1. The van der Waals surface area contributed by atoms with Crippen LogP contribution in [0.5, 0.6) is 0 Å². The number of imidazole rings is 1. The van der Waals surface area contributed by atoms with Crippen LogP contribution in [0, 0.1) is 5.82 Å². The molecule has 0 aliphatic carbocycles. The second-order valence-corrected chi connectivity index (χ2v) is 6.46. The van der Waals surface area contributed by atoms with Gasteiger partial charge in [0.05, 0.1) is 17.6 Å². The minimum absolute atomic E-state index is 0.252. The van der Waals surface area contributed by atoms with Crippen LogP contribution in [0.25, 0.3) is 11.0 Å². The van der Waals surface area contributed by atoms with Crippen molar-refractivity contribution < 1.29 is 9.18 Å². The van der Waals surface area contributed by atoms with Gasteiger partial charge in [0, 0.05) is 18.7 Å². The topological polar surface area (TPSA) is 59.0 Å². The Labute approximate surface area is 151 Å². The zero-order valence-electron chi connectivity index (χ0n) is 14.7. The quantitative estimate of drug-likeness (QED) is 0.759. The molecule has 26 heavy (non-hydrogen) atoms. The summed E-state index contributed by atoms with van der Waals surface area (Å²) in [5.74, 6) is 0.171. The Morgan fingerprint density at radius 1 is 1.35 bits per heavy atom. The summed E-state index contributed by atoms with van der Waals surface area (Å²) in [6.07, 6.45) is 0.728. The van der Waals surface area contributed by atoms with Crippen LogP contribution in [0.2, 0.25) is 0 Å². The lowest BCUT2D eigenvalue weighted by Gasteiger charge is -2.20. The average Bonchev–Trinajstić information content (AvgIpc) is 3.02. The molecular formula is C20H21FN4O. The molecule has 134 valence electrons. The van der Waals surface area contributed by atoms with Crippen molar-refractivity contribution in [1.29, 1.82) is 0 Å². The van der Waals surface area contributed by atoms with Crippen molar-refractivity contribution in [3.63, 3.8) is 0 Å². The molecule has 4 rings (SSSR count). The smallest absolute Gasteiger partial charge is 0.252 e. The van der Waals surface area contributed by atoms with Crippen LogP contribution in [0.15, 0.2) is 36.4 Å². The number of para-hydroxylation sites is 2. The highest BCUT2D eigenvalue weighted by atomic mass is 19.1. The number of carbonyl (C=O) groups is 1. The summed E-state index contributed by atoms with van der Waals surface area (Å²) in [7, 11) is 0. The van der Waals surface area contributed by atoms with E-state index in [2.05, 4.69) is 27.1 Å². The molecule has 2 N–H and O–H groups in total. The third kappa shape index (κ3) is 2.97. The van der Waals surface area contributed by atoms with Crippen molar-refractivity contribution in [2.45, 2.75) is 33.0 Å². The maximum atomic E-state index is 13.9. The highest BCUT2D eigenvalue weighted by Crippen LogP contribution is 2.21. The lowest BCUT2D eigenvalue weighted by molar-refractivity contribution is 0.0947. The normalized spacial score (nSPS) is 13.6. The van der Waals surface area contributed by atoms with Crippen molar-refractivity contribution in [3.8, 4) is 0 Å². The van der Waals surface area contributed by atoms with E-state index < -0.39 is 0 Å². The minimum Gasteiger partial charge on any atom is -0.345 e. The predicted molar refractivity (Wildman–Crippen MR) is 98.4 cm³/mol. The molecule has 2 aromatic carbocycles. The Morgan fingerprint density at radius 2 is 2.19 bits per heavy atom. The van der Waals surface area contributed by atoms with Crippen LogP contribution in [0.4, 0.5) is 4.39 Å². The number of nitrogens with zero attached hydrogens (tertiary/aromatic N) is 2. The number of rotatable bonds is 4. The number of benzene rings is 2. The van der Waals surface area contributed by atoms with E-state index in [4.69, 9.17) is 0 Å². The Morgan fingerprint density at radius 3 is 3.04 bits per heavy atom. The van der Waals surface area contributed by atoms with Crippen LogP contribution < -0.4 is 10.6 Å². The zero-order chi connectivity index (χ0) is 18.1. The van der Waals surface area contributed by atoms with Crippen LogP contribution >= 0.6 is 0 Å². The van der Waals surface area contributed by atoms with Gasteiger partial charge in [0.25, 0.3) is 5.91 Å². The number of fused-ring (bicyclic) bond motifs is 2. The summed E-state index contributed by atoms with van der Waals surface area (Å²) in [6.45, 7) is 4.52. The number of aromatic nitrogens is 2. The van der Waals surface area contributed by atoms with Crippen molar-refractivity contribution in [2.75, 3.05) is 6.54 Å². The van der Waals surface area contributed by atoms with Gasteiger partial charge >= 0.3 is 0 Å². The van der Waals surface area contributed by atoms with E-state index >= 15 is 0 Å². The van der Waals surface area contributed by atoms with Crippen molar-refractivity contribution in [2.24, 2.45) is 0 Å². The number of hydrogen-bond acceptors (Lipinski definition) is 3. The summed E-state index contributed by atoms with van der Waals surface area (Å²) >= 11 is 0. The molecule has 0 atom stereocenters. The SMILES string of the molecule is CCn1c(CNC(=O)c2cc(F)cc3c2CCNC3)nc2ccccc21. The molecule has 5 nitrogen and oxygen atoms in total. The lowest BCUT2D eigenvalue weighted by atomic mass is 9.95. The third-order valence-corrected chi connectivity index (χ3v) is 4.88. The molecule has 0 spiro atoms. The van der Waals surface area contributed by atoms with E-state index in [-0.39, 0.29) is 11.7 Å². The van der Waals surface area contributed by atoms with E-state index in [9.17, 15) is 9.18 Å². The Hall–Kier alpha value is -2.73. The number of halogens is 1. The van der Waals surface area contributed by atoms with E-state index in [1.54, 1.807) is 0 Å². The molecular weight excluding hydrogens is 331 g/mol. The predicted octanol–water partition coefficient (Wildman–Crippen LogP) is 2.77.